The Morgan fingerprint density at radius 1 is 0.654 bits per heavy atom. The number of hydrogen-bond acceptors (Lipinski definition) is 11. The Bertz CT molecular complexity index is 4960. The maximum absolute atomic E-state index is 13.3. The van der Waals surface area contributed by atoms with Gasteiger partial charge >= 0.3 is 12.1 Å². The summed E-state index contributed by atoms with van der Waals surface area (Å²) in [6.45, 7) is 6.08. The molecule has 21 heteroatoms. The molecule has 15 nitrogen and oxygen atoms in total. The molecule has 1 aliphatic carbocycles. The number of anilines is 2. The first-order valence-corrected chi connectivity index (χ1v) is 37.7. The van der Waals surface area contributed by atoms with Crippen LogP contribution in [0.4, 0.5) is 28.9 Å². The number of carboxylic acid groups (broad SMARTS) is 1. The maximum Gasteiger partial charge on any atom is 0.416 e. The number of nitrogens with one attached hydrogen (secondary N) is 2. The molecule has 1 saturated carbocycles. The SMILES string of the molecule is C[C@H](Sc1nnc(Cc2cccc3ccccc23)n1C1CCCCC1)C(=O)NCc1ccco1.Cc1cccc(S(=O)(=O)Nc2ccc(N(Cc3ccccc3)Cc3ccccc3)c(C(=O)O)c2)c1.O=C(Cc1cccc(C(F)(F)F)c1)N(Cc1ccccc1)Cc1cccc(OCCc2ccc(F)cc2)c1. The molecule has 2 amide bonds. The minimum absolute atomic E-state index is 0.0151. The van der Waals surface area contributed by atoms with Crippen molar-refractivity contribution >= 4 is 61.7 Å². The van der Waals surface area contributed by atoms with Crippen LogP contribution in [-0.2, 0) is 77.8 Å². The number of furan rings is 1. The van der Waals surface area contributed by atoms with Crippen molar-refractivity contribution in [2.45, 2.75) is 125 Å². The molecule has 13 rings (SSSR count). The monoisotopic (exact) mass is 1480 g/mol. The van der Waals surface area contributed by atoms with E-state index >= 15 is 0 Å². The van der Waals surface area contributed by atoms with Crippen LogP contribution in [0, 0.1) is 12.7 Å². The number of aromatic nitrogens is 3. The highest BCUT2D eigenvalue weighted by atomic mass is 32.2. The van der Waals surface area contributed by atoms with Gasteiger partial charge in [0.1, 0.15) is 23.2 Å². The van der Waals surface area contributed by atoms with Gasteiger partial charge in [0.05, 0.1) is 52.8 Å². The number of fused-ring (bicyclic) bond motifs is 1. The van der Waals surface area contributed by atoms with Crippen LogP contribution < -0.4 is 19.7 Å². The van der Waals surface area contributed by atoms with Crippen LogP contribution in [-0.4, -0.2) is 62.8 Å². The van der Waals surface area contributed by atoms with Gasteiger partial charge in [0, 0.05) is 50.7 Å². The second kappa shape index (κ2) is 37.1. The van der Waals surface area contributed by atoms with E-state index < -0.39 is 27.7 Å². The number of aryl methyl sites for hydroxylation is 1. The molecule has 3 N–H and O–H groups in total. The molecular weight excluding hydrogens is 1400 g/mol. The normalized spacial score (nSPS) is 12.5. The quantitative estimate of drug-likeness (QED) is 0.0327. The van der Waals surface area contributed by atoms with Gasteiger partial charge in [0.15, 0.2) is 5.16 Å². The summed E-state index contributed by atoms with van der Waals surface area (Å²) >= 11 is 1.49. The number of carbonyl (C=O) groups excluding carboxylic acids is 2. The molecule has 2 heterocycles. The summed E-state index contributed by atoms with van der Waals surface area (Å²) in [5.41, 5.74) is 7.06. The van der Waals surface area contributed by atoms with Crippen LogP contribution in [0.5, 0.6) is 5.75 Å². The van der Waals surface area contributed by atoms with Gasteiger partial charge in [-0.1, -0.05) is 219 Å². The molecule has 10 aromatic carbocycles. The van der Waals surface area contributed by atoms with Gasteiger partial charge in [-0.2, -0.15) is 13.2 Å². The van der Waals surface area contributed by atoms with E-state index in [1.165, 1.54) is 83.8 Å². The standard InChI is InChI=1S/C31H27F4NO2.C28H26N2O4S.C27H30N4O2S/c32-28-14-12-23(13-15-28)16-17-38-29-11-5-9-26(19-29)22-36(21-24-6-2-1-3-7-24)30(37)20-25-8-4-10-27(18-25)31(33,34)35;1-21-9-8-14-25(17-21)35(33,34)29-24-15-16-27(26(18-24)28(31)32)30(19-22-10-4-2-5-11-22)20-23-12-6-3-7-13-23;1-19(26(32)28-18-23-14-8-16-33-23)34-27-30-29-25(31(27)22-12-3-2-4-13-22)17-21-11-7-10-20-9-5-6-15-24(20)21/h1-15,18-19H,16-17,20-22H2;2-18,29H,19-20H2,1H3,(H,31,32);5-11,14-16,19,22H,2-4,12-13,17-18H2,1H3,(H,28,32)/t;;19-/m..0/s1. The third-order valence-electron chi connectivity index (χ3n) is 18.1. The van der Waals surface area contributed by atoms with Crippen molar-refractivity contribution < 1.29 is 54.6 Å². The topological polar surface area (TPSA) is 189 Å². The van der Waals surface area contributed by atoms with Crippen molar-refractivity contribution in [3.05, 3.63) is 340 Å². The van der Waals surface area contributed by atoms with Gasteiger partial charge in [-0.25, -0.2) is 17.6 Å². The number of amides is 2. The van der Waals surface area contributed by atoms with E-state index in [1.54, 1.807) is 47.6 Å². The number of carboxylic acids is 1. The van der Waals surface area contributed by atoms with Crippen molar-refractivity contribution in [3.8, 4) is 5.75 Å². The third-order valence-corrected chi connectivity index (χ3v) is 20.6. The highest BCUT2D eigenvalue weighted by molar-refractivity contribution is 8.00. The summed E-state index contributed by atoms with van der Waals surface area (Å²) in [5, 5.41) is 25.2. The third kappa shape index (κ3) is 22.4. The molecule has 0 spiro atoms. The maximum atomic E-state index is 13.3. The summed E-state index contributed by atoms with van der Waals surface area (Å²) in [6.07, 6.45) is 4.32. The number of benzene rings is 10. The first-order valence-electron chi connectivity index (χ1n) is 35.4. The number of alkyl halides is 3. The number of ether oxygens (including phenoxy) is 1. The van der Waals surface area contributed by atoms with E-state index in [1.807, 2.05) is 152 Å². The van der Waals surface area contributed by atoms with Crippen LogP contribution in [0.1, 0.15) is 117 Å². The fourth-order valence-electron chi connectivity index (χ4n) is 12.7. The molecular formula is C86H83F4N7O8S2. The Balaban J connectivity index is 0.000000160. The number of halogens is 4. The molecule has 0 radical (unpaired) electrons. The van der Waals surface area contributed by atoms with Crippen LogP contribution >= 0.6 is 11.8 Å². The molecule has 107 heavy (non-hydrogen) atoms. The number of carbonyl (C=O) groups is 3. The van der Waals surface area contributed by atoms with Gasteiger partial charge in [-0.05, 0) is 155 Å². The van der Waals surface area contributed by atoms with Crippen molar-refractivity contribution in [3.63, 3.8) is 0 Å². The van der Waals surface area contributed by atoms with Gasteiger partial charge in [-0.15, -0.1) is 10.2 Å². The van der Waals surface area contributed by atoms with Crippen LogP contribution in [0.25, 0.3) is 10.8 Å². The fourth-order valence-corrected chi connectivity index (χ4v) is 14.8. The first kappa shape index (κ1) is 76.8. The summed E-state index contributed by atoms with van der Waals surface area (Å²) < 4.78 is 94.3. The minimum Gasteiger partial charge on any atom is -0.493 e. The lowest BCUT2D eigenvalue weighted by atomic mass is 9.95. The van der Waals surface area contributed by atoms with Crippen LogP contribution in [0.2, 0.25) is 0 Å². The zero-order chi connectivity index (χ0) is 75.1. The van der Waals surface area contributed by atoms with Crippen molar-refractivity contribution in [2.75, 3.05) is 16.2 Å². The Kier molecular flexibility index (Phi) is 26.6. The number of sulfonamides is 1. The molecule has 0 bridgehead atoms. The summed E-state index contributed by atoms with van der Waals surface area (Å²) in [6, 6.07) is 77.7. The summed E-state index contributed by atoms with van der Waals surface area (Å²) in [5.74, 6) is 0.621. The molecule has 2 aromatic heterocycles. The second-order valence-electron chi connectivity index (χ2n) is 26.2. The molecule has 0 unspecified atom stereocenters. The summed E-state index contributed by atoms with van der Waals surface area (Å²) in [4.78, 5) is 42.0. The minimum atomic E-state index is -4.47. The number of rotatable bonds is 27. The molecule has 0 aliphatic heterocycles. The van der Waals surface area contributed by atoms with Crippen molar-refractivity contribution in [2.24, 2.45) is 0 Å². The molecule has 0 saturated heterocycles. The van der Waals surface area contributed by atoms with E-state index in [2.05, 4.69) is 67.3 Å². The number of thioether (sulfide) groups is 1. The van der Waals surface area contributed by atoms with Crippen molar-refractivity contribution in [1.29, 1.82) is 0 Å². The zero-order valence-electron chi connectivity index (χ0n) is 59.3. The highest BCUT2D eigenvalue weighted by Crippen LogP contribution is 2.36. The second-order valence-corrected chi connectivity index (χ2v) is 29.2. The highest BCUT2D eigenvalue weighted by Gasteiger charge is 2.31. The van der Waals surface area contributed by atoms with Crippen LogP contribution in [0.3, 0.4) is 0 Å². The fraction of sp³-hybridized carbons (Fsp3) is 0.221. The largest absolute Gasteiger partial charge is 0.493 e. The molecule has 1 fully saturated rings. The average molecular weight is 1480 g/mol. The lowest BCUT2D eigenvalue weighted by Crippen LogP contribution is -2.31. The van der Waals surface area contributed by atoms with Gasteiger partial charge in [0.2, 0.25) is 11.8 Å². The lowest BCUT2D eigenvalue weighted by molar-refractivity contribution is -0.138. The Morgan fingerprint density at radius 2 is 1.28 bits per heavy atom. The zero-order valence-corrected chi connectivity index (χ0v) is 61.0. The van der Waals surface area contributed by atoms with E-state index in [-0.39, 0.29) is 52.0 Å². The molecule has 1 aliphatic rings. The number of aromatic carboxylic acids is 1. The molecule has 12 aromatic rings. The Hall–Kier alpha value is -11.3. The predicted octanol–water partition coefficient (Wildman–Crippen LogP) is 18.9. The van der Waals surface area contributed by atoms with Gasteiger partial charge in [-0.3, -0.25) is 14.3 Å². The van der Waals surface area contributed by atoms with E-state index in [0.717, 1.165) is 81.5 Å². The number of nitrogens with zero attached hydrogens (tertiary/aromatic N) is 5. The molecule has 550 valence electrons. The number of hydrogen-bond donors (Lipinski definition) is 3. The molecule has 1 atom stereocenters. The summed E-state index contributed by atoms with van der Waals surface area (Å²) in [7, 11) is -3.87. The van der Waals surface area contributed by atoms with Crippen molar-refractivity contribution in [1.82, 2.24) is 25.0 Å². The average Bonchev–Trinajstić information content (AvgIpc) is 1.68. The first-order chi connectivity index (χ1) is 51.8. The Morgan fingerprint density at radius 3 is 1.95 bits per heavy atom. The predicted molar refractivity (Wildman–Crippen MR) is 411 cm³/mol. The lowest BCUT2D eigenvalue weighted by Gasteiger charge is -2.27. The Labute approximate surface area is 625 Å². The smallest absolute Gasteiger partial charge is 0.416 e. The van der Waals surface area contributed by atoms with Gasteiger partial charge in [0.25, 0.3) is 10.0 Å². The van der Waals surface area contributed by atoms with E-state index in [4.69, 9.17) is 9.15 Å². The van der Waals surface area contributed by atoms with Crippen LogP contribution in [0.15, 0.2) is 282 Å². The van der Waals surface area contributed by atoms with E-state index in [9.17, 15) is 45.5 Å². The van der Waals surface area contributed by atoms with E-state index in [0.29, 0.717) is 62.2 Å². The van der Waals surface area contributed by atoms with Gasteiger partial charge < -0.3 is 33.9 Å².